The summed E-state index contributed by atoms with van der Waals surface area (Å²) in [5.74, 6) is 0.235. The third-order valence-corrected chi connectivity index (χ3v) is 2.48. The van der Waals surface area contributed by atoms with Gasteiger partial charge in [-0.05, 0) is 30.3 Å². The molecule has 0 bridgehead atoms. The van der Waals surface area contributed by atoms with Crippen molar-refractivity contribution in [3.05, 3.63) is 40.7 Å². The average molecular weight is 236 g/mol. The molecule has 0 radical (unpaired) electrons. The molecule has 2 aromatic rings. The summed E-state index contributed by atoms with van der Waals surface area (Å²) in [6.07, 6.45) is 0. The fourth-order valence-corrected chi connectivity index (χ4v) is 1.76. The van der Waals surface area contributed by atoms with Gasteiger partial charge in [0.15, 0.2) is 0 Å². The standard InChI is InChI=1S/C11H12N2O2S/c1-15-7-8-6-11(16)13(12-8)9-2-4-10(14)5-3-9/h2-6,12,14H,7H2,1H3. The van der Waals surface area contributed by atoms with Gasteiger partial charge in [0, 0.05) is 7.11 Å². The third kappa shape index (κ3) is 2.15. The van der Waals surface area contributed by atoms with Gasteiger partial charge in [-0.25, -0.2) is 4.68 Å². The number of ether oxygens (including phenoxy) is 1. The average Bonchev–Trinajstić information content (AvgIpc) is 2.61. The maximum atomic E-state index is 9.20. The summed E-state index contributed by atoms with van der Waals surface area (Å²) in [6, 6.07) is 8.67. The van der Waals surface area contributed by atoms with Gasteiger partial charge in [0.05, 0.1) is 18.0 Å². The lowest BCUT2D eigenvalue weighted by Crippen LogP contribution is -1.97. The number of nitrogens with zero attached hydrogens (tertiary/aromatic N) is 1. The highest BCUT2D eigenvalue weighted by atomic mass is 32.1. The van der Waals surface area contributed by atoms with Crippen LogP contribution in [-0.2, 0) is 11.3 Å². The van der Waals surface area contributed by atoms with Crippen molar-refractivity contribution >= 4 is 12.2 Å². The lowest BCUT2D eigenvalue weighted by molar-refractivity contribution is 0.181. The maximum Gasteiger partial charge on any atom is 0.128 e. The smallest absolute Gasteiger partial charge is 0.128 e. The first-order chi connectivity index (χ1) is 7.70. The number of methoxy groups -OCH3 is 1. The Kier molecular flexibility index (Phi) is 3.07. The predicted octanol–water partition coefficient (Wildman–Crippen LogP) is 2.39. The summed E-state index contributed by atoms with van der Waals surface area (Å²) in [5.41, 5.74) is 1.80. The van der Waals surface area contributed by atoms with Gasteiger partial charge in [0.25, 0.3) is 0 Å². The van der Waals surface area contributed by atoms with Crippen molar-refractivity contribution in [3.8, 4) is 11.4 Å². The molecule has 1 aromatic heterocycles. The van der Waals surface area contributed by atoms with E-state index >= 15 is 0 Å². The lowest BCUT2D eigenvalue weighted by Gasteiger charge is -2.03. The highest BCUT2D eigenvalue weighted by molar-refractivity contribution is 7.71. The molecular weight excluding hydrogens is 224 g/mol. The quantitative estimate of drug-likeness (QED) is 0.804. The SMILES string of the molecule is COCc1cc(=S)n(-c2ccc(O)cc2)[nH]1. The second-order valence-corrected chi connectivity index (χ2v) is 3.82. The number of phenols is 1. The molecule has 0 atom stereocenters. The van der Waals surface area contributed by atoms with Crippen LogP contribution in [0.5, 0.6) is 5.75 Å². The number of nitrogens with one attached hydrogen (secondary N) is 1. The van der Waals surface area contributed by atoms with Gasteiger partial charge in [-0.1, -0.05) is 12.2 Å². The number of benzene rings is 1. The van der Waals surface area contributed by atoms with Crippen LogP contribution in [0, 0.1) is 4.64 Å². The monoisotopic (exact) mass is 236 g/mol. The van der Waals surface area contributed by atoms with E-state index in [4.69, 9.17) is 17.0 Å². The Balaban J connectivity index is 2.40. The second-order valence-electron chi connectivity index (χ2n) is 3.40. The number of H-pyrrole nitrogens is 1. The van der Waals surface area contributed by atoms with E-state index in [1.165, 1.54) is 0 Å². The van der Waals surface area contributed by atoms with Gasteiger partial charge < -0.3 is 9.84 Å². The summed E-state index contributed by atoms with van der Waals surface area (Å²) >= 11 is 5.22. The Bertz CT molecular complexity index is 528. The van der Waals surface area contributed by atoms with Gasteiger partial charge in [-0.2, -0.15) is 0 Å². The first kappa shape index (κ1) is 10.9. The van der Waals surface area contributed by atoms with Crippen LogP contribution in [0.2, 0.25) is 0 Å². The molecule has 0 aliphatic heterocycles. The summed E-state index contributed by atoms with van der Waals surface area (Å²) in [5, 5.41) is 12.3. The number of aromatic nitrogens is 2. The number of aromatic amines is 1. The van der Waals surface area contributed by atoms with Crippen molar-refractivity contribution in [1.29, 1.82) is 0 Å². The van der Waals surface area contributed by atoms with Crippen LogP contribution in [0.4, 0.5) is 0 Å². The van der Waals surface area contributed by atoms with Crippen molar-refractivity contribution in [2.75, 3.05) is 7.11 Å². The number of hydrogen-bond donors (Lipinski definition) is 2. The molecule has 2 N–H and O–H groups in total. The normalized spacial score (nSPS) is 10.6. The van der Waals surface area contributed by atoms with Crippen molar-refractivity contribution in [2.24, 2.45) is 0 Å². The van der Waals surface area contributed by atoms with Crippen LogP contribution in [0.25, 0.3) is 5.69 Å². The van der Waals surface area contributed by atoms with Crippen LogP contribution in [0.3, 0.4) is 0 Å². The zero-order chi connectivity index (χ0) is 11.5. The molecule has 4 nitrogen and oxygen atoms in total. The fourth-order valence-electron chi connectivity index (χ4n) is 1.47. The van der Waals surface area contributed by atoms with Crippen LogP contribution >= 0.6 is 12.2 Å². The highest BCUT2D eigenvalue weighted by Crippen LogP contribution is 2.14. The Labute approximate surface area is 98.1 Å². The predicted molar refractivity (Wildman–Crippen MR) is 63.3 cm³/mol. The molecule has 0 aliphatic carbocycles. The van der Waals surface area contributed by atoms with E-state index in [1.54, 1.807) is 36.1 Å². The summed E-state index contributed by atoms with van der Waals surface area (Å²) in [6.45, 7) is 0.495. The molecule has 0 spiro atoms. The molecular formula is C11H12N2O2S. The molecule has 0 amide bonds. The van der Waals surface area contributed by atoms with Gasteiger partial charge in [-0.3, -0.25) is 5.10 Å². The molecule has 0 saturated carbocycles. The Morgan fingerprint density at radius 2 is 2.06 bits per heavy atom. The molecule has 0 aliphatic rings. The van der Waals surface area contributed by atoms with Gasteiger partial charge in [-0.15, -0.1) is 0 Å². The third-order valence-electron chi connectivity index (χ3n) is 2.18. The fraction of sp³-hybridized carbons (Fsp3) is 0.182. The summed E-state index contributed by atoms with van der Waals surface area (Å²) < 4.78 is 7.47. The van der Waals surface area contributed by atoms with E-state index < -0.39 is 0 Å². The van der Waals surface area contributed by atoms with E-state index in [0.717, 1.165) is 11.4 Å². The van der Waals surface area contributed by atoms with Gasteiger partial charge >= 0.3 is 0 Å². The Morgan fingerprint density at radius 3 is 2.69 bits per heavy atom. The van der Waals surface area contributed by atoms with Crippen LogP contribution < -0.4 is 0 Å². The second kappa shape index (κ2) is 4.51. The molecule has 84 valence electrons. The van der Waals surface area contributed by atoms with E-state index in [9.17, 15) is 5.11 Å². The maximum absolute atomic E-state index is 9.20. The molecule has 1 aromatic carbocycles. The largest absolute Gasteiger partial charge is 0.508 e. The zero-order valence-corrected chi connectivity index (χ0v) is 9.62. The lowest BCUT2D eigenvalue weighted by atomic mass is 10.3. The highest BCUT2D eigenvalue weighted by Gasteiger charge is 2.02. The van der Waals surface area contributed by atoms with Gasteiger partial charge in [0.1, 0.15) is 10.4 Å². The zero-order valence-electron chi connectivity index (χ0n) is 8.80. The van der Waals surface area contributed by atoms with E-state index in [-0.39, 0.29) is 5.75 Å². The van der Waals surface area contributed by atoms with Gasteiger partial charge in [0.2, 0.25) is 0 Å². The minimum absolute atomic E-state index is 0.235. The Morgan fingerprint density at radius 1 is 1.38 bits per heavy atom. The molecule has 0 fully saturated rings. The first-order valence-electron chi connectivity index (χ1n) is 4.80. The minimum Gasteiger partial charge on any atom is -0.508 e. The van der Waals surface area contributed by atoms with Crippen molar-refractivity contribution in [1.82, 2.24) is 9.78 Å². The van der Waals surface area contributed by atoms with Crippen molar-refractivity contribution in [2.45, 2.75) is 6.61 Å². The molecule has 1 heterocycles. The van der Waals surface area contributed by atoms with Crippen LogP contribution in [0.1, 0.15) is 5.69 Å². The molecule has 2 rings (SSSR count). The molecule has 0 saturated heterocycles. The van der Waals surface area contributed by atoms with Crippen molar-refractivity contribution in [3.63, 3.8) is 0 Å². The number of rotatable bonds is 3. The van der Waals surface area contributed by atoms with Crippen molar-refractivity contribution < 1.29 is 9.84 Å². The van der Waals surface area contributed by atoms with E-state index in [1.807, 2.05) is 6.07 Å². The van der Waals surface area contributed by atoms with Crippen LogP contribution in [0.15, 0.2) is 30.3 Å². The summed E-state index contributed by atoms with van der Waals surface area (Å²) in [7, 11) is 1.63. The Hall–Kier alpha value is -1.59. The number of phenolic OH excluding ortho intramolecular Hbond substituents is 1. The van der Waals surface area contributed by atoms with Crippen LogP contribution in [-0.4, -0.2) is 22.0 Å². The summed E-state index contributed by atoms with van der Waals surface area (Å²) in [4.78, 5) is 0. The number of hydrogen-bond acceptors (Lipinski definition) is 3. The first-order valence-corrected chi connectivity index (χ1v) is 5.21. The topological polar surface area (TPSA) is 50.2 Å². The molecule has 5 heteroatoms. The van der Waals surface area contributed by atoms with E-state index in [0.29, 0.717) is 11.2 Å². The number of aromatic hydroxyl groups is 1. The van der Waals surface area contributed by atoms with E-state index in [2.05, 4.69) is 5.10 Å². The minimum atomic E-state index is 0.235. The molecule has 16 heavy (non-hydrogen) atoms. The molecule has 0 unspecified atom stereocenters.